The second kappa shape index (κ2) is 7.38. The van der Waals surface area contributed by atoms with Crippen molar-refractivity contribution in [2.75, 3.05) is 18.8 Å². The molecule has 0 heterocycles. The molecule has 2 N–H and O–H groups in total. The van der Waals surface area contributed by atoms with E-state index in [1.807, 2.05) is 11.0 Å². The molecule has 0 aromatic carbocycles. The van der Waals surface area contributed by atoms with Gasteiger partial charge in [-0.2, -0.15) is 5.26 Å². The van der Waals surface area contributed by atoms with Gasteiger partial charge < -0.3 is 5.11 Å². The highest BCUT2D eigenvalue weighted by Crippen LogP contribution is 2.34. The van der Waals surface area contributed by atoms with Crippen molar-refractivity contribution >= 4 is 16.0 Å². The summed E-state index contributed by atoms with van der Waals surface area (Å²) in [5.41, 5.74) is -0.578. The van der Waals surface area contributed by atoms with E-state index in [2.05, 4.69) is 4.72 Å². The highest BCUT2D eigenvalue weighted by molar-refractivity contribution is 7.89. The van der Waals surface area contributed by atoms with Crippen LogP contribution in [0.5, 0.6) is 0 Å². The molecule has 7 nitrogen and oxygen atoms in total. The van der Waals surface area contributed by atoms with Crippen molar-refractivity contribution in [3.63, 3.8) is 0 Å². The first-order valence-corrected chi connectivity index (χ1v) is 10.1. The van der Waals surface area contributed by atoms with E-state index in [-0.39, 0.29) is 30.8 Å². The van der Waals surface area contributed by atoms with Crippen LogP contribution in [0.2, 0.25) is 0 Å². The third kappa shape index (κ3) is 6.04. The lowest BCUT2D eigenvalue weighted by atomic mass is 9.86. The van der Waals surface area contributed by atoms with Gasteiger partial charge in [-0.15, -0.1) is 0 Å². The molecule has 2 saturated carbocycles. The number of hydrogen-bond acceptors (Lipinski definition) is 5. The average Bonchev–Trinajstić information content (AvgIpc) is 3.14. The van der Waals surface area contributed by atoms with Crippen molar-refractivity contribution in [3.8, 4) is 6.07 Å². The monoisotopic (exact) mass is 357 g/mol. The molecule has 0 spiro atoms. The molecule has 0 atom stereocenters. The van der Waals surface area contributed by atoms with E-state index < -0.39 is 21.4 Å². The number of carbonyl (C=O) groups is 1. The Balaban J connectivity index is 1.82. The van der Waals surface area contributed by atoms with E-state index in [1.165, 1.54) is 0 Å². The highest BCUT2D eigenvalue weighted by Gasteiger charge is 2.39. The maximum absolute atomic E-state index is 12.2. The van der Waals surface area contributed by atoms with E-state index in [9.17, 15) is 13.2 Å². The zero-order chi connectivity index (χ0) is 18.0. The Kier molecular flexibility index (Phi) is 5.89. The Morgan fingerprint density at radius 3 is 2.50 bits per heavy atom. The van der Waals surface area contributed by atoms with Gasteiger partial charge in [0.05, 0.1) is 18.4 Å². The number of carboxylic acid groups (broad SMARTS) is 1. The standard InChI is InChI=1S/C16H27N3O4S/c1-16(2,5-6-17)11-24(22,23)18-13-7-14(8-13)19(10-15(20)21)9-12-3-4-12/h12-14,18H,3-5,7-11H2,1-2H3,(H,20,21). The molecular formula is C16H27N3O4S. The molecule has 24 heavy (non-hydrogen) atoms. The minimum atomic E-state index is -3.44. The molecule has 0 saturated heterocycles. The van der Waals surface area contributed by atoms with Crippen LogP contribution >= 0.6 is 0 Å². The molecular weight excluding hydrogens is 330 g/mol. The lowest BCUT2D eigenvalue weighted by Crippen LogP contribution is -2.56. The van der Waals surface area contributed by atoms with Gasteiger partial charge in [-0.3, -0.25) is 9.69 Å². The number of carboxylic acids is 1. The Hall–Kier alpha value is -1.17. The second-order valence-corrected chi connectivity index (χ2v) is 9.72. The highest BCUT2D eigenvalue weighted by atomic mass is 32.2. The number of aliphatic carboxylic acids is 1. The van der Waals surface area contributed by atoms with E-state index >= 15 is 0 Å². The average molecular weight is 357 g/mol. The second-order valence-electron chi connectivity index (χ2n) is 7.96. The van der Waals surface area contributed by atoms with Crippen molar-refractivity contribution in [2.45, 2.75) is 58.0 Å². The first kappa shape index (κ1) is 19.2. The van der Waals surface area contributed by atoms with Crippen LogP contribution in [0.3, 0.4) is 0 Å². The molecule has 0 aliphatic heterocycles. The lowest BCUT2D eigenvalue weighted by Gasteiger charge is -2.42. The van der Waals surface area contributed by atoms with Gasteiger partial charge in [-0.05, 0) is 37.0 Å². The summed E-state index contributed by atoms with van der Waals surface area (Å²) in [4.78, 5) is 13.0. The van der Waals surface area contributed by atoms with Crippen LogP contribution in [-0.2, 0) is 14.8 Å². The normalized spacial score (nSPS) is 24.4. The third-order valence-corrected chi connectivity index (χ3v) is 6.50. The Bertz CT molecular complexity index is 601. The first-order valence-electron chi connectivity index (χ1n) is 8.43. The van der Waals surface area contributed by atoms with Gasteiger partial charge in [0.15, 0.2) is 0 Å². The van der Waals surface area contributed by atoms with Gasteiger partial charge in [0.1, 0.15) is 0 Å². The maximum Gasteiger partial charge on any atom is 0.317 e. The van der Waals surface area contributed by atoms with E-state index in [0.717, 1.165) is 19.4 Å². The van der Waals surface area contributed by atoms with Crippen LogP contribution in [0.1, 0.15) is 46.0 Å². The van der Waals surface area contributed by atoms with E-state index in [0.29, 0.717) is 18.8 Å². The quantitative estimate of drug-likeness (QED) is 0.607. The van der Waals surface area contributed by atoms with E-state index in [4.69, 9.17) is 10.4 Å². The summed E-state index contributed by atoms with van der Waals surface area (Å²) in [6, 6.07) is 2.03. The van der Waals surface area contributed by atoms with Crippen molar-refractivity contribution in [3.05, 3.63) is 0 Å². The van der Waals surface area contributed by atoms with Gasteiger partial charge in [0, 0.05) is 25.0 Å². The molecule has 0 unspecified atom stereocenters. The van der Waals surface area contributed by atoms with Crippen molar-refractivity contribution in [1.82, 2.24) is 9.62 Å². The van der Waals surface area contributed by atoms with Gasteiger partial charge >= 0.3 is 5.97 Å². The van der Waals surface area contributed by atoms with Gasteiger partial charge in [-0.25, -0.2) is 13.1 Å². The largest absolute Gasteiger partial charge is 0.480 e. The smallest absolute Gasteiger partial charge is 0.317 e. The molecule has 2 rings (SSSR count). The predicted octanol–water partition coefficient (Wildman–Crippen LogP) is 1.17. The van der Waals surface area contributed by atoms with Crippen LogP contribution in [0, 0.1) is 22.7 Å². The third-order valence-electron chi connectivity index (χ3n) is 4.64. The molecule has 8 heteroatoms. The van der Waals surface area contributed by atoms with Crippen LogP contribution in [0.15, 0.2) is 0 Å². The zero-order valence-electron chi connectivity index (χ0n) is 14.4. The van der Waals surface area contributed by atoms with Gasteiger partial charge in [0.2, 0.25) is 10.0 Å². The fourth-order valence-electron chi connectivity index (χ4n) is 3.21. The Labute approximate surface area is 144 Å². The molecule has 136 valence electrons. The first-order chi connectivity index (χ1) is 11.1. The predicted molar refractivity (Wildman–Crippen MR) is 89.7 cm³/mol. The van der Waals surface area contributed by atoms with Crippen molar-refractivity contribution in [2.24, 2.45) is 11.3 Å². The Morgan fingerprint density at radius 2 is 2.00 bits per heavy atom. The summed E-state index contributed by atoms with van der Waals surface area (Å²) in [5, 5.41) is 17.8. The van der Waals surface area contributed by atoms with Gasteiger partial charge in [0.25, 0.3) is 0 Å². The number of rotatable bonds is 10. The van der Waals surface area contributed by atoms with Crippen molar-refractivity contribution < 1.29 is 18.3 Å². The maximum atomic E-state index is 12.2. The SMILES string of the molecule is CC(C)(CC#N)CS(=O)(=O)NC1CC(N(CC(=O)O)CC2CC2)C1. The summed E-state index contributed by atoms with van der Waals surface area (Å²) in [6.07, 6.45) is 3.81. The molecule has 0 aromatic heterocycles. The fraction of sp³-hybridized carbons (Fsp3) is 0.875. The molecule has 2 aliphatic carbocycles. The minimum Gasteiger partial charge on any atom is -0.480 e. The van der Waals surface area contributed by atoms with Gasteiger partial charge in [-0.1, -0.05) is 13.8 Å². The molecule has 0 amide bonds. The van der Waals surface area contributed by atoms with E-state index in [1.54, 1.807) is 13.8 Å². The van der Waals surface area contributed by atoms with Crippen molar-refractivity contribution in [1.29, 1.82) is 5.26 Å². The Morgan fingerprint density at radius 1 is 1.38 bits per heavy atom. The van der Waals surface area contributed by atoms with Crippen LogP contribution < -0.4 is 4.72 Å². The molecule has 0 aromatic rings. The topological polar surface area (TPSA) is 110 Å². The molecule has 0 radical (unpaired) electrons. The number of nitrogens with one attached hydrogen (secondary N) is 1. The molecule has 2 aliphatic rings. The lowest BCUT2D eigenvalue weighted by molar-refractivity contribution is -0.139. The number of sulfonamides is 1. The summed E-state index contributed by atoms with van der Waals surface area (Å²) in [6.45, 7) is 4.36. The summed E-state index contributed by atoms with van der Waals surface area (Å²) < 4.78 is 27.2. The van der Waals surface area contributed by atoms with Crippen LogP contribution in [0.4, 0.5) is 0 Å². The number of hydrogen-bond donors (Lipinski definition) is 2. The summed E-state index contributed by atoms with van der Waals surface area (Å²) in [5.74, 6) is -0.305. The van der Waals surface area contributed by atoms with Crippen LogP contribution in [-0.4, -0.2) is 55.3 Å². The number of nitriles is 1. The fourth-order valence-corrected chi connectivity index (χ4v) is 5.12. The summed E-state index contributed by atoms with van der Waals surface area (Å²) in [7, 11) is -3.44. The molecule has 2 fully saturated rings. The summed E-state index contributed by atoms with van der Waals surface area (Å²) >= 11 is 0. The zero-order valence-corrected chi connectivity index (χ0v) is 15.2. The molecule has 0 bridgehead atoms. The minimum absolute atomic E-state index is 0.0236. The van der Waals surface area contributed by atoms with Crippen LogP contribution in [0.25, 0.3) is 0 Å². The number of nitrogens with zero attached hydrogens (tertiary/aromatic N) is 2.